The van der Waals surface area contributed by atoms with Crippen LogP contribution >= 0.6 is 0 Å². The number of hydrogen-bond acceptors (Lipinski definition) is 3. The van der Waals surface area contributed by atoms with Crippen molar-refractivity contribution in [1.82, 2.24) is 5.32 Å². The van der Waals surface area contributed by atoms with Crippen LogP contribution in [0.4, 0.5) is 4.39 Å². The Morgan fingerprint density at radius 2 is 1.41 bits per heavy atom. The van der Waals surface area contributed by atoms with Gasteiger partial charge in [0.2, 0.25) is 0 Å². The number of carbonyl (C=O) groups excluding carboxylic acids is 1. The number of ether oxygens (including phenoxy) is 2. The highest BCUT2D eigenvalue weighted by Gasteiger charge is 2.19. The molecule has 138 valence electrons. The van der Waals surface area contributed by atoms with E-state index in [1.54, 1.807) is 30.3 Å². The van der Waals surface area contributed by atoms with Gasteiger partial charge in [-0.3, -0.25) is 4.79 Å². The van der Waals surface area contributed by atoms with E-state index in [2.05, 4.69) is 5.32 Å². The Kier molecular flexibility index (Phi) is 5.71. The van der Waals surface area contributed by atoms with Gasteiger partial charge >= 0.3 is 0 Å². The second kappa shape index (κ2) is 8.36. The van der Waals surface area contributed by atoms with Crippen LogP contribution in [-0.2, 0) is 0 Å². The second-order valence-corrected chi connectivity index (χ2v) is 5.97. The number of amides is 1. The van der Waals surface area contributed by atoms with Gasteiger partial charge in [-0.2, -0.15) is 0 Å². The Hall–Kier alpha value is -3.34. The van der Waals surface area contributed by atoms with E-state index in [0.717, 1.165) is 11.1 Å². The number of rotatable bonds is 6. The first-order valence-corrected chi connectivity index (χ1v) is 8.45. The van der Waals surface area contributed by atoms with E-state index in [1.165, 1.54) is 26.4 Å². The molecule has 3 aromatic carbocycles. The summed E-state index contributed by atoms with van der Waals surface area (Å²) in [6.45, 7) is 0. The molecule has 3 aromatic rings. The summed E-state index contributed by atoms with van der Waals surface area (Å²) in [6, 6.07) is 20.2. The van der Waals surface area contributed by atoms with Crippen LogP contribution in [0.15, 0.2) is 72.8 Å². The van der Waals surface area contributed by atoms with Crippen LogP contribution in [0.5, 0.6) is 11.5 Å². The smallest absolute Gasteiger partial charge is 0.252 e. The Bertz CT molecular complexity index is 888. The van der Waals surface area contributed by atoms with E-state index in [1.807, 2.05) is 30.3 Å². The molecule has 0 heterocycles. The standard InChI is InChI=1S/C22H20FNO3/c1-26-19-12-17(13-20(14-19)27-2)22(25)24-21(15-6-4-3-5-7-15)16-8-10-18(23)11-9-16/h3-14,21H,1-2H3,(H,24,25). The van der Waals surface area contributed by atoms with Gasteiger partial charge in [0.15, 0.2) is 0 Å². The Morgan fingerprint density at radius 3 is 1.96 bits per heavy atom. The molecule has 0 fully saturated rings. The van der Waals surface area contributed by atoms with Crippen molar-refractivity contribution in [3.63, 3.8) is 0 Å². The van der Waals surface area contributed by atoms with Gasteiger partial charge in [0.1, 0.15) is 17.3 Å². The van der Waals surface area contributed by atoms with Gasteiger partial charge in [0.25, 0.3) is 5.91 Å². The minimum absolute atomic E-state index is 0.287. The minimum atomic E-state index is -0.420. The summed E-state index contributed by atoms with van der Waals surface area (Å²) in [5.41, 5.74) is 2.09. The zero-order valence-electron chi connectivity index (χ0n) is 15.1. The first-order valence-electron chi connectivity index (χ1n) is 8.45. The summed E-state index contributed by atoms with van der Waals surface area (Å²) in [5, 5.41) is 3.02. The zero-order valence-corrected chi connectivity index (χ0v) is 15.1. The fraction of sp³-hybridized carbons (Fsp3) is 0.136. The van der Waals surface area contributed by atoms with Gasteiger partial charge in [-0.05, 0) is 35.4 Å². The highest BCUT2D eigenvalue weighted by molar-refractivity contribution is 5.95. The van der Waals surface area contributed by atoms with Gasteiger partial charge in [0.05, 0.1) is 20.3 Å². The first kappa shape index (κ1) is 18.5. The molecule has 1 unspecified atom stereocenters. The van der Waals surface area contributed by atoms with Gasteiger partial charge in [-0.15, -0.1) is 0 Å². The molecule has 0 radical (unpaired) electrons. The molecule has 0 aliphatic heterocycles. The molecule has 5 heteroatoms. The lowest BCUT2D eigenvalue weighted by atomic mass is 9.98. The number of methoxy groups -OCH3 is 2. The van der Waals surface area contributed by atoms with E-state index in [0.29, 0.717) is 17.1 Å². The lowest BCUT2D eigenvalue weighted by Gasteiger charge is -2.20. The van der Waals surface area contributed by atoms with Crippen molar-refractivity contribution >= 4 is 5.91 Å². The van der Waals surface area contributed by atoms with Crippen molar-refractivity contribution in [2.24, 2.45) is 0 Å². The third-order valence-electron chi connectivity index (χ3n) is 4.23. The highest BCUT2D eigenvalue weighted by atomic mass is 19.1. The van der Waals surface area contributed by atoms with Crippen molar-refractivity contribution < 1.29 is 18.7 Å². The number of nitrogens with one attached hydrogen (secondary N) is 1. The number of hydrogen-bond donors (Lipinski definition) is 1. The minimum Gasteiger partial charge on any atom is -0.497 e. The summed E-state index contributed by atoms with van der Waals surface area (Å²) >= 11 is 0. The maximum Gasteiger partial charge on any atom is 0.252 e. The maximum atomic E-state index is 13.3. The van der Waals surface area contributed by atoms with Crippen LogP contribution in [0.3, 0.4) is 0 Å². The van der Waals surface area contributed by atoms with Crippen LogP contribution in [-0.4, -0.2) is 20.1 Å². The number of halogens is 1. The summed E-state index contributed by atoms with van der Waals surface area (Å²) in [4.78, 5) is 12.9. The van der Waals surface area contributed by atoms with Gasteiger partial charge < -0.3 is 14.8 Å². The molecular formula is C22H20FNO3. The molecule has 1 amide bonds. The predicted molar refractivity (Wildman–Crippen MR) is 102 cm³/mol. The van der Waals surface area contributed by atoms with Crippen molar-refractivity contribution in [1.29, 1.82) is 0 Å². The van der Waals surface area contributed by atoms with Crippen molar-refractivity contribution in [3.05, 3.63) is 95.3 Å². The quantitative estimate of drug-likeness (QED) is 0.706. The average molecular weight is 365 g/mol. The zero-order chi connectivity index (χ0) is 19.2. The van der Waals surface area contributed by atoms with Crippen molar-refractivity contribution in [2.45, 2.75) is 6.04 Å². The predicted octanol–water partition coefficient (Wildman–Crippen LogP) is 4.36. The van der Waals surface area contributed by atoms with Crippen LogP contribution in [0.2, 0.25) is 0 Å². The molecule has 0 aromatic heterocycles. The molecule has 1 atom stereocenters. The molecule has 0 spiro atoms. The van der Waals surface area contributed by atoms with Crippen LogP contribution in [0, 0.1) is 5.82 Å². The highest BCUT2D eigenvalue weighted by Crippen LogP contribution is 2.25. The van der Waals surface area contributed by atoms with Crippen LogP contribution in [0.25, 0.3) is 0 Å². The van der Waals surface area contributed by atoms with Crippen LogP contribution < -0.4 is 14.8 Å². The molecule has 0 saturated carbocycles. The van der Waals surface area contributed by atoms with Crippen molar-refractivity contribution in [3.8, 4) is 11.5 Å². The summed E-state index contributed by atoms with van der Waals surface area (Å²) in [5.74, 6) is 0.440. The summed E-state index contributed by atoms with van der Waals surface area (Å²) in [7, 11) is 3.06. The molecule has 0 saturated heterocycles. The monoisotopic (exact) mass is 365 g/mol. The summed E-state index contributed by atoms with van der Waals surface area (Å²) < 4.78 is 23.8. The van der Waals surface area contributed by atoms with Crippen molar-refractivity contribution in [2.75, 3.05) is 14.2 Å². The van der Waals surface area contributed by atoms with E-state index in [-0.39, 0.29) is 11.7 Å². The largest absolute Gasteiger partial charge is 0.497 e. The van der Waals surface area contributed by atoms with E-state index in [9.17, 15) is 9.18 Å². The Morgan fingerprint density at radius 1 is 0.852 bits per heavy atom. The molecule has 1 N–H and O–H groups in total. The average Bonchev–Trinajstić information content (AvgIpc) is 2.72. The molecule has 4 nitrogen and oxygen atoms in total. The molecular weight excluding hydrogens is 345 g/mol. The van der Waals surface area contributed by atoms with Gasteiger partial charge in [0, 0.05) is 11.6 Å². The number of benzene rings is 3. The maximum absolute atomic E-state index is 13.3. The molecule has 3 rings (SSSR count). The summed E-state index contributed by atoms with van der Waals surface area (Å²) in [6.07, 6.45) is 0. The SMILES string of the molecule is COc1cc(OC)cc(C(=O)NC(c2ccccc2)c2ccc(F)cc2)c1. The lowest BCUT2D eigenvalue weighted by molar-refractivity contribution is 0.0942. The third kappa shape index (κ3) is 4.44. The molecule has 0 aliphatic carbocycles. The first-order chi connectivity index (χ1) is 13.1. The fourth-order valence-corrected chi connectivity index (χ4v) is 2.81. The third-order valence-corrected chi connectivity index (χ3v) is 4.23. The van der Waals surface area contributed by atoms with Gasteiger partial charge in [-0.1, -0.05) is 42.5 Å². The number of carbonyl (C=O) groups is 1. The van der Waals surface area contributed by atoms with E-state index in [4.69, 9.17) is 9.47 Å². The topological polar surface area (TPSA) is 47.6 Å². The lowest BCUT2D eigenvalue weighted by Crippen LogP contribution is -2.29. The van der Waals surface area contributed by atoms with Crippen LogP contribution in [0.1, 0.15) is 27.5 Å². The Balaban J connectivity index is 1.94. The second-order valence-electron chi connectivity index (χ2n) is 5.97. The fourth-order valence-electron chi connectivity index (χ4n) is 2.81. The normalized spacial score (nSPS) is 11.5. The molecule has 27 heavy (non-hydrogen) atoms. The molecule has 0 bridgehead atoms. The Labute approximate surface area is 157 Å². The molecule has 0 aliphatic rings. The van der Waals surface area contributed by atoms with E-state index >= 15 is 0 Å². The van der Waals surface area contributed by atoms with E-state index < -0.39 is 6.04 Å². The van der Waals surface area contributed by atoms with Gasteiger partial charge in [-0.25, -0.2) is 4.39 Å².